The molecule has 2 fully saturated rings. The predicted molar refractivity (Wildman–Crippen MR) is 52.9 cm³/mol. The maximum Gasteiger partial charge on any atom is 0.242 e. The van der Waals surface area contributed by atoms with Gasteiger partial charge in [0.15, 0.2) is 0 Å². The van der Waals surface area contributed by atoms with E-state index in [0.29, 0.717) is 25.3 Å². The zero-order chi connectivity index (χ0) is 10.8. The Balaban J connectivity index is 1.66. The van der Waals surface area contributed by atoms with E-state index in [-0.39, 0.29) is 24.0 Å². The fourth-order valence-corrected chi connectivity index (χ4v) is 2.05. The number of hydrogen-bond acceptors (Lipinski definition) is 3. The van der Waals surface area contributed by atoms with Gasteiger partial charge in [-0.2, -0.15) is 0 Å². The Bertz CT molecular complexity index is 274. The molecule has 2 aliphatic rings. The summed E-state index contributed by atoms with van der Waals surface area (Å²) in [6.07, 6.45) is 2.41. The maximum absolute atomic E-state index is 11.5. The summed E-state index contributed by atoms with van der Waals surface area (Å²) >= 11 is 0. The lowest BCUT2D eigenvalue weighted by Crippen LogP contribution is -2.45. The first-order valence-electron chi connectivity index (χ1n) is 5.40. The van der Waals surface area contributed by atoms with Gasteiger partial charge in [0, 0.05) is 13.0 Å². The molecule has 1 saturated heterocycles. The highest BCUT2D eigenvalue weighted by Gasteiger charge is 2.30. The molecule has 1 aliphatic carbocycles. The zero-order valence-electron chi connectivity index (χ0n) is 8.53. The van der Waals surface area contributed by atoms with Crippen LogP contribution in [-0.4, -0.2) is 35.6 Å². The molecule has 15 heavy (non-hydrogen) atoms. The molecule has 1 aliphatic heterocycles. The van der Waals surface area contributed by atoms with Gasteiger partial charge >= 0.3 is 0 Å². The molecule has 1 heterocycles. The quantitative estimate of drug-likeness (QED) is 0.570. The van der Waals surface area contributed by atoms with E-state index in [2.05, 4.69) is 10.6 Å². The summed E-state index contributed by atoms with van der Waals surface area (Å²) in [5.41, 5.74) is 0. The van der Waals surface area contributed by atoms with Crippen LogP contribution in [0, 0.1) is 5.92 Å². The largest absolute Gasteiger partial charge is 0.393 e. The van der Waals surface area contributed by atoms with E-state index >= 15 is 0 Å². The summed E-state index contributed by atoms with van der Waals surface area (Å²) in [6, 6.07) is -0.345. The van der Waals surface area contributed by atoms with Crippen LogP contribution < -0.4 is 10.6 Å². The van der Waals surface area contributed by atoms with E-state index in [0.717, 1.165) is 12.8 Å². The topological polar surface area (TPSA) is 78.4 Å². The van der Waals surface area contributed by atoms with Gasteiger partial charge in [-0.3, -0.25) is 9.59 Å². The second kappa shape index (κ2) is 4.18. The van der Waals surface area contributed by atoms with Gasteiger partial charge in [0.05, 0.1) is 6.10 Å². The predicted octanol–water partition coefficient (Wildman–Crippen LogP) is -0.848. The minimum Gasteiger partial charge on any atom is -0.393 e. The number of carbonyl (C=O) groups excluding carboxylic acids is 2. The molecular formula is C10H16N2O3. The molecule has 1 atom stereocenters. The maximum atomic E-state index is 11.5. The summed E-state index contributed by atoms with van der Waals surface area (Å²) in [4.78, 5) is 22.4. The molecule has 2 amide bonds. The SMILES string of the molecule is O=C1CC[C@@H](C(=O)NCC2CC(O)C2)N1. The summed E-state index contributed by atoms with van der Waals surface area (Å²) in [6.45, 7) is 0.613. The Morgan fingerprint density at radius 2 is 2.27 bits per heavy atom. The van der Waals surface area contributed by atoms with Gasteiger partial charge in [-0.15, -0.1) is 0 Å². The molecule has 5 heteroatoms. The molecule has 2 rings (SSSR count). The van der Waals surface area contributed by atoms with Crippen molar-refractivity contribution in [3.63, 3.8) is 0 Å². The summed E-state index contributed by atoms with van der Waals surface area (Å²) in [7, 11) is 0. The first-order valence-corrected chi connectivity index (χ1v) is 5.40. The van der Waals surface area contributed by atoms with Crippen molar-refractivity contribution in [1.29, 1.82) is 0 Å². The summed E-state index contributed by atoms with van der Waals surface area (Å²) in [5.74, 6) is 0.262. The molecule has 0 bridgehead atoms. The molecule has 0 spiro atoms. The molecule has 3 N–H and O–H groups in total. The third-order valence-electron chi connectivity index (χ3n) is 3.09. The van der Waals surface area contributed by atoms with Gasteiger partial charge in [-0.25, -0.2) is 0 Å². The average Bonchev–Trinajstić information content (AvgIpc) is 2.57. The highest BCUT2D eigenvalue weighted by atomic mass is 16.3. The van der Waals surface area contributed by atoms with Crippen LogP contribution in [0.5, 0.6) is 0 Å². The second-order valence-electron chi connectivity index (χ2n) is 4.40. The highest BCUT2D eigenvalue weighted by Crippen LogP contribution is 2.26. The first kappa shape index (κ1) is 10.4. The number of aliphatic hydroxyl groups is 1. The monoisotopic (exact) mass is 212 g/mol. The minimum atomic E-state index is -0.345. The van der Waals surface area contributed by atoms with Crippen LogP contribution in [0.1, 0.15) is 25.7 Å². The van der Waals surface area contributed by atoms with Crippen LogP contribution in [0.2, 0.25) is 0 Å². The molecule has 0 aromatic carbocycles. The molecule has 84 valence electrons. The van der Waals surface area contributed by atoms with Crippen molar-refractivity contribution in [1.82, 2.24) is 10.6 Å². The molecule has 0 aromatic heterocycles. The van der Waals surface area contributed by atoms with Crippen molar-refractivity contribution in [2.75, 3.05) is 6.54 Å². The van der Waals surface area contributed by atoms with Crippen molar-refractivity contribution in [3.05, 3.63) is 0 Å². The molecular weight excluding hydrogens is 196 g/mol. The minimum absolute atomic E-state index is 0.0470. The van der Waals surface area contributed by atoms with Crippen molar-refractivity contribution in [2.24, 2.45) is 5.92 Å². The fraction of sp³-hybridized carbons (Fsp3) is 0.800. The van der Waals surface area contributed by atoms with Crippen LogP contribution in [0.25, 0.3) is 0 Å². The zero-order valence-corrected chi connectivity index (χ0v) is 8.53. The highest BCUT2D eigenvalue weighted by molar-refractivity contribution is 5.90. The average molecular weight is 212 g/mol. The normalized spacial score (nSPS) is 34.5. The van der Waals surface area contributed by atoms with Crippen LogP contribution in [-0.2, 0) is 9.59 Å². The Morgan fingerprint density at radius 1 is 1.53 bits per heavy atom. The lowest BCUT2D eigenvalue weighted by molar-refractivity contribution is -0.126. The Hall–Kier alpha value is -1.10. The number of aliphatic hydroxyl groups excluding tert-OH is 1. The molecule has 1 saturated carbocycles. The van der Waals surface area contributed by atoms with Gasteiger partial charge in [-0.05, 0) is 25.2 Å². The second-order valence-corrected chi connectivity index (χ2v) is 4.40. The van der Waals surface area contributed by atoms with Crippen molar-refractivity contribution in [2.45, 2.75) is 37.8 Å². The lowest BCUT2D eigenvalue weighted by atomic mass is 9.82. The van der Waals surface area contributed by atoms with E-state index in [4.69, 9.17) is 5.11 Å². The smallest absolute Gasteiger partial charge is 0.242 e. The number of nitrogens with one attached hydrogen (secondary N) is 2. The number of hydrogen-bond donors (Lipinski definition) is 3. The van der Waals surface area contributed by atoms with Crippen LogP contribution in [0.4, 0.5) is 0 Å². The molecule has 0 aromatic rings. The van der Waals surface area contributed by atoms with Crippen molar-refractivity contribution in [3.8, 4) is 0 Å². The van der Waals surface area contributed by atoms with E-state index in [9.17, 15) is 9.59 Å². The standard InChI is InChI=1S/C10H16N2O3/c13-7-3-6(4-7)5-11-10(15)8-1-2-9(14)12-8/h6-8,13H,1-5H2,(H,11,15)(H,12,14)/t6?,7?,8-/m0/s1. The van der Waals surface area contributed by atoms with Crippen molar-refractivity contribution < 1.29 is 14.7 Å². The fourth-order valence-electron chi connectivity index (χ4n) is 2.05. The molecule has 0 unspecified atom stereocenters. The number of rotatable bonds is 3. The Labute approximate surface area is 88.2 Å². The van der Waals surface area contributed by atoms with Crippen LogP contribution in [0.3, 0.4) is 0 Å². The first-order chi connectivity index (χ1) is 7.15. The van der Waals surface area contributed by atoms with E-state index < -0.39 is 0 Å². The third-order valence-corrected chi connectivity index (χ3v) is 3.09. The number of amides is 2. The van der Waals surface area contributed by atoms with Crippen LogP contribution >= 0.6 is 0 Å². The van der Waals surface area contributed by atoms with Gasteiger partial charge in [0.2, 0.25) is 11.8 Å². The summed E-state index contributed by atoms with van der Waals surface area (Å²) in [5, 5.41) is 14.5. The van der Waals surface area contributed by atoms with Gasteiger partial charge in [0.25, 0.3) is 0 Å². The Kier molecular flexibility index (Phi) is 2.90. The Morgan fingerprint density at radius 3 is 2.80 bits per heavy atom. The van der Waals surface area contributed by atoms with Crippen LogP contribution in [0.15, 0.2) is 0 Å². The van der Waals surface area contributed by atoms with Crippen molar-refractivity contribution >= 4 is 11.8 Å². The van der Waals surface area contributed by atoms with Gasteiger partial charge in [0.1, 0.15) is 6.04 Å². The van der Waals surface area contributed by atoms with E-state index in [1.54, 1.807) is 0 Å². The van der Waals surface area contributed by atoms with E-state index in [1.807, 2.05) is 0 Å². The van der Waals surface area contributed by atoms with Gasteiger partial charge < -0.3 is 15.7 Å². The number of carbonyl (C=O) groups is 2. The summed E-state index contributed by atoms with van der Waals surface area (Å²) < 4.78 is 0. The molecule has 5 nitrogen and oxygen atoms in total. The van der Waals surface area contributed by atoms with Gasteiger partial charge in [-0.1, -0.05) is 0 Å². The van der Waals surface area contributed by atoms with E-state index in [1.165, 1.54) is 0 Å². The lowest BCUT2D eigenvalue weighted by Gasteiger charge is -2.31. The molecule has 0 radical (unpaired) electrons. The third kappa shape index (κ3) is 2.47.